The fraction of sp³-hybridized carbons (Fsp3) is 0.176. The van der Waals surface area contributed by atoms with Crippen LogP contribution in [0, 0.1) is 6.92 Å². The first-order valence-corrected chi connectivity index (χ1v) is 7.74. The topological polar surface area (TPSA) is 97.5 Å². The molecule has 8 nitrogen and oxygen atoms in total. The van der Waals surface area contributed by atoms with Crippen molar-refractivity contribution in [3.8, 4) is 17.3 Å². The van der Waals surface area contributed by atoms with E-state index >= 15 is 0 Å². The lowest BCUT2D eigenvalue weighted by atomic mass is 10.2. The second-order valence-electron chi connectivity index (χ2n) is 5.25. The van der Waals surface area contributed by atoms with E-state index in [2.05, 4.69) is 25.6 Å². The molecular weight excluding hydrogens is 320 g/mol. The van der Waals surface area contributed by atoms with E-state index < -0.39 is 0 Å². The highest BCUT2D eigenvalue weighted by atomic mass is 16.5. The van der Waals surface area contributed by atoms with Crippen molar-refractivity contribution in [3.63, 3.8) is 0 Å². The molecule has 2 aromatic heterocycles. The molecule has 128 valence electrons. The summed E-state index contributed by atoms with van der Waals surface area (Å²) in [7, 11) is 0. The molecule has 0 spiro atoms. The summed E-state index contributed by atoms with van der Waals surface area (Å²) < 4.78 is 6.98. The SMILES string of the molecule is CCOc1ccc(/C=N/Nc2cc(-n3cc(C)cn3)ncn2)c(O)c1. The Labute approximate surface area is 144 Å². The molecule has 0 bridgehead atoms. The minimum Gasteiger partial charge on any atom is -0.507 e. The van der Waals surface area contributed by atoms with Gasteiger partial charge in [-0.25, -0.2) is 14.6 Å². The molecule has 0 fully saturated rings. The smallest absolute Gasteiger partial charge is 0.158 e. The van der Waals surface area contributed by atoms with Crippen LogP contribution in [0.3, 0.4) is 0 Å². The summed E-state index contributed by atoms with van der Waals surface area (Å²) in [5.74, 6) is 1.84. The van der Waals surface area contributed by atoms with E-state index in [1.54, 1.807) is 35.1 Å². The zero-order valence-corrected chi connectivity index (χ0v) is 13.9. The van der Waals surface area contributed by atoms with Gasteiger partial charge in [0.2, 0.25) is 0 Å². The van der Waals surface area contributed by atoms with E-state index in [1.807, 2.05) is 20.0 Å². The Morgan fingerprint density at radius 3 is 2.92 bits per heavy atom. The molecule has 25 heavy (non-hydrogen) atoms. The molecule has 0 saturated heterocycles. The van der Waals surface area contributed by atoms with Gasteiger partial charge in [-0.2, -0.15) is 10.2 Å². The maximum atomic E-state index is 9.97. The van der Waals surface area contributed by atoms with Crippen molar-refractivity contribution in [1.82, 2.24) is 19.7 Å². The second kappa shape index (κ2) is 7.43. The number of ether oxygens (including phenoxy) is 1. The minimum absolute atomic E-state index is 0.0897. The molecule has 3 rings (SSSR count). The predicted molar refractivity (Wildman–Crippen MR) is 94.4 cm³/mol. The highest BCUT2D eigenvalue weighted by molar-refractivity contribution is 5.84. The summed E-state index contributed by atoms with van der Waals surface area (Å²) in [6.07, 6.45) is 6.55. The maximum Gasteiger partial charge on any atom is 0.158 e. The molecule has 8 heteroatoms. The van der Waals surface area contributed by atoms with Gasteiger partial charge in [0.05, 0.1) is 19.0 Å². The summed E-state index contributed by atoms with van der Waals surface area (Å²) in [6.45, 7) is 4.38. The molecule has 2 N–H and O–H groups in total. The molecule has 0 radical (unpaired) electrons. The zero-order chi connectivity index (χ0) is 17.6. The number of aromatic nitrogens is 4. The standard InChI is InChI=1S/C17H18N6O2/c1-3-25-14-5-4-13(15(24)6-14)9-20-22-16-7-17(19-11-18-16)23-10-12(2)8-21-23/h4-11,24H,3H2,1-2H3,(H,18,19,22)/b20-9+. The van der Waals surface area contributed by atoms with Gasteiger partial charge in [0.1, 0.15) is 17.8 Å². The van der Waals surface area contributed by atoms with Crippen LogP contribution in [0.25, 0.3) is 5.82 Å². The lowest BCUT2D eigenvalue weighted by molar-refractivity contribution is 0.337. The van der Waals surface area contributed by atoms with Crippen LogP contribution in [0.15, 0.2) is 48.1 Å². The monoisotopic (exact) mass is 338 g/mol. The summed E-state index contributed by atoms with van der Waals surface area (Å²) in [5.41, 5.74) is 4.41. The van der Waals surface area contributed by atoms with Crippen LogP contribution in [0.2, 0.25) is 0 Å². The molecule has 0 aliphatic carbocycles. The number of nitrogens with zero attached hydrogens (tertiary/aromatic N) is 5. The van der Waals surface area contributed by atoms with Gasteiger partial charge in [0.25, 0.3) is 0 Å². The normalized spacial score (nSPS) is 11.0. The van der Waals surface area contributed by atoms with E-state index in [-0.39, 0.29) is 5.75 Å². The third-order valence-corrected chi connectivity index (χ3v) is 3.29. The number of hydrogen-bond donors (Lipinski definition) is 2. The van der Waals surface area contributed by atoms with Crippen molar-refractivity contribution in [1.29, 1.82) is 0 Å². The van der Waals surface area contributed by atoms with Gasteiger partial charge in [0, 0.05) is 23.9 Å². The first-order valence-electron chi connectivity index (χ1n) is 7.74. The van der Waals surface area contributed by atoms with Crippen molar-refractivity contribution >= 4 is 12.0 Å². The third kappa shape index (κ3) is 4.11. The van der Waals surface area contributed by atoms with E-state index in [4.69, 9.17) is 4.74 Å². The molecule has 0 aliphatic heterocycles. The highest BCUT2D eigenvalue weighted by Gasteiger charge is 2.03. The van der Waals surface area contributed by atoms with E-state index in [0.29, 0.717) is 29.6 Å². The number of aromatic hydroxyl groups is 1. The number of anilines is 1. The quantitative estimate of drug-likeness (QED) is 0.529. The van der Waals surface area contributed by atoms with Gasteiger partial charge in [-0.1, -0.05) is 0 Å². The van der Waals surface area contributed by atoms with Crippen LogP contribution in [-0.2, 0) is 0 Å². The summed E-state index contributed by atoms with van der Waals surface area (Å²) in [6, 6.07) is 6.77. The molecule has 1 aromatic carbocycles. The molecule has 0 atom stereocenters. The van der Waals surface area contributed by atoms with Gasteiger partial charge in [0.15, 0.2) is 11.6 Å². The van der Waals surface area contributed by atoms with Crippen LogP contribution in [0.1, 0.15) is 18.1 Å². The summed E-state index contributed by atoms with van der Waals surface area (Å²) in [4.78, 5) is 8.28. The number of rotatable bonds is 6. The lowest BCUT2D eigenvalue weighted by Gasteiger charge is -2.05. The van der Waals surface area contributed by atoms with E-state index in [1.165, 1.54) is 12.5 Å². The molecule has 0 unspecified atom stereocenters. The fourth-order valence-corrected chi connectivity index (χ4v) is 2.13. The van der Waals surface area contributed by atoms with Gasteiger partial charge in [-0.15, -0.1) is 0 Å². The van der Waals surface area contributed by atoms with Crippen LogP contribution in [-0.4, -0.2) is 37.7 Å². The number of nitrogens with one attached hydrogen (secondary N) is 1. The summed E-state index contributed by atoms with van der Waals surface area (Å²) >= 11 is 0. The number of hydrazone groups is 1. The average molecular weight is 338 g/mol. The van der Waals surface area contributed by atoms with Crippen LogP contribution < -0.4 is 10.2 Å². The number of phenolic OH excluding ortho intramolecular Hbond substituents is 1. The largest absolute Gasteiger partial charge is 0.507 e. The molecule has 2 heterocycles. The van der Waals surface area contributed by atoms with Gasteiger partial charge in [-0.3, -0.25) is 5.43 Å². The first-order chi connectivity index (χ1) is 12.2. The lowest BCUT2D eigenvalue weighted by Crippen LogP contribution is -2.01. The number of benzene rings is 1. The highest BCUT2D eigenvalue weighted by Crippen LogP contribution is 2.22. The van der Waals surface area contributed by atoms with Crippen molar-refractivity contribution in [3.05, 3.63) is 54.1 Å². The maximum absolute atomic E-state index is 9.97. The number of phenols is 1. The number of hydrogen-bond acceptors (Lipinski definition) is 7. The Bertz CT molecular complexity index is 890. The van der Waals surface area contributed by atoms with Gasteiger partial charge < -0.3 is 9.84 Å². The minimum atomic E-state index is 0.0897. The Morgan fingerprint density at radius 2 is 2.20 bits per heavy atom. The van der Waals surface area contributed by atoms with Crippen molar-refractivity contribution in [2.24, 2.45) is 5.10 Å². The van der Waals surface area contributed by atoms with Crippen molar-refractivity contribution in [2.75, 3.05) is 12.0 Å². The molecule has 0 saturated carbocycles. The Morgan fingerprint density at radius 1 is 1.32 bits per heavy atom. The van der Waals surface area contributed by atoms with Gasteiger partial charge in [-0.05, 0) is 31.5 Å². The zero-order valence-electron chi connectivity index (χ0n) is 13.9. The van der Waals surface area contributed by atoms with Crippen molar-refractivity contribution in [2.45, 2.75) is 13.8 Å². The predicted octanol–water partition coefficient (Wildman–Crippen LogP) is 2.52. The Kier molecular flexibility index (Phi) is 4.89. The first kappa shape index (κ1) is 16.4. The van der Waals surface area contributed by atoms with Gasteiger partial charge >= 0.3 is 0 Å². The second-order valence-corrected chi connectivity index (χ2v) is 5.25. The van der Waals surface area contributed by atoms with Crippen LogP contribution in [0.5, 0.6) is 11.5 Å². The number of aryl methyl sites for hydroxylation is 1. The molecular formula is C17H18N6O2. The molecule has 0 amide bonds. The summed E-state index contributed by atoms with van der Waals surface area (Å²) in [5, 5.41) is 18.3. The van der Waals surface area contributed by atoms with Crippen LogP contribution in [0.4, 0.5) is 5.82 Å². The molecule has 0 aliphatic rings. The fourth-order valence-electron chi connectivity index (χ4n) is 2.13. The third-order valence-electron chi connectivity index (χ3n) is 3.29. The molecule has 3 aromatic rings. The Balaban J connectivity index is 1.70. The van der Waals surface area contributed by atoms with Crippen LogP contribution >= 0.6 is 0 Å². The van der Waals surface area contributed by atoms with E-state index in [9.17, 15) is 5.11 Å². The Hall–Kier alpha value is -3.42. The average Bonchev–Trinajstić information content (AvgIpc) is 3.04. The van der Waals surface area contributed by atoms with Crippen molar-refractivity contribution < 1.29 is 9.84 Å². The van der Waals surface area contributed by atoms with E-state index in [0.717, 1.165) is 5.56 Å².